The number of fused-ring (bicyclic) bond motifs is 1. The number of aryl methyl sites for hydroxylation is 2. The minimum absolute atomic E-state index is 0.279. The first-order chi connectivity index (χ1) is 12.5. The van der Waals surface area contributed by atoms with Crippen molar-refractivity contribution in [1.29, 1.82) is 0 Å². The van der Waals surface area contributed by atoms with Gasteiger partial charge in [0.25, 0.3) is 0 Å². The second-order valence-corrected chi connectivity index (χ2v) is 6.96. The van der Waals surface area contributed by atoms with E-state index in [-0.39, 0.29) is 12.7 Å². The zero-order chi connectivity index (χ0) is 18.5. The number of carbonyl (C=O) groups excluding carboxylic acids is 1. The van der Waals surface area contributed by atoms with Crippen molar-refractivity contribution >= 4 is 17.0 Å². The monoisotopic (exact) mass is 350 g/mol. The minimum atomic E-state index is -0.332. The van der Waals surface area contributed by atoms with E-state index in [0.29, 0.717) is 0 Å². The van der Waals surface area contributed by atoms with Gasteiger partial charge in [-0.1, -0.05) is 36.4 Å². The van der Waals surface area contributed by atoms with E-state index in [1.54, 1.807) is 4.57 Å². The molecule has 0 amide bonds. The Labute approximate surface area is 155 Å². The summed E-state index contributed by atoms with van der Waals surface area (Å²) >= 11 is 0. The number of hydrogen-bond donors (Lipinski definition) is 0. The molecule has 0 fully saturated rings. The molecule has 0 bridgehead atoms. The molecule has 0 N–H and O–H groups in total. The van der Waals surface area contributed by atoms with Gasteiger partial charge in [-0.25, -0.2) is 9.36 Å². The lowest BCUT2D eigenvalue weighted by atomic mass is 10.1. The van der Waals surface area contributed by atoms with Crippen molar-refractivity contribution in [3.63, 3.8) is 0 Å². The Morgan fingerprint density at radius 2 is 1.81 bits per heavy atom. The van der Waals surface area contributed by atoms with Gasteiger partial charge in [-0.05, 0) is 69.7 Å². The van der Waals surface area contributed by atoms with E-state index in [1.165, 1.54) is 5.56 Å². The van der Waals surface area contributed by atoms with Crippen LogP contribution in [0, 0.1) is 6.92 Å². The first-order valence-electron chi connectivity index (χ1n) is 9.01. The topological polar surface area (TPSA) is 34.5 Å². The highest BCUT2D eigenvalue weighted by molar-refractivity contribution is 5.91. The van der Waals surface area contributed by atoms with Crippen molar-refractivity contribution in [2.24, 2.45) is 0 Å². The fraction of sp³-hybridized carbons (Fsp3) is 0.318. The Morgan fingerprint density at radius 3 is 2.54 bits per heavy atom. The Balaban J connectivity index is 1.73. The van der Waals surface area contributed by atoms with E-state index in [0.717, 1.165) is 41.5 Å². The van der Waals surface area contributed by atoms with Crippen molar-refractivity contribution < 1.29 is 9.53 Å². The summed E-state index contributed by atoms with van der Waals surface area (Å²) in [4.78, 5) is 14.8. The van der Waals surface area contributed by atoms with Gasteiger partial charge in [-0.2, -0.15) is 0 Å². The van der Waals surface area contributed by atoms with Crippen LogP contribution in [0.25, 0.3) is 10.9 Å². The predicted octanol–water partition coefficient (Wildman–Crippen LogP) is 4.63. The summed E-state index contributed by atoms with van der Waals surface area (Å²) in [6, 6.07) is 18.1. The summed E-state index contributed by atoms with van der Waals surface area (Å²) in [6.45, 7) is 3.29. The van der Waals surface area contributed by atoms with E-state index < -0.39 is 0 Å². The maximum Gasteiger partial charge on any atom is 0.419 e. The summed E-state index contributed by atoms with van der Waals surface area (Å²) in [5.41, 5.74) is 4.08. The van der Waals surface area contributed by atoms with E-state index in [1.807, 2.05) is 43.3 Å². The van der Waals surface area contributed by atoms with E-state index in [2.05, 4.69) is 37.2 Å². The number of hydrogen-bond acceptors (Lipinski definition) is 3. The third-order valence-electron chi connectivity index (χ3n) is 4.51. The van der Waals surface area contributed by atoms with Crippen LogP contribution in [0.5, 0.6) is 0 Å². The van der Waals surface area contributed by atoms with E-state index >= 15 is 0 Å². The van der Waals surface area contributed by atoms with Gasteiger partial charge in [-0.15, -0.1) is 0 Å². The number of carbonyl (C=O) groups is 1. The summed E-state index contributed by atoms with van der Waals surface area (Å²) in [5.74, 6) is 0. The van der Waals surface area contributed by atoms with Crippen LogP contribution in [-0.2, 0) is 17.8 Å². The zero-order valence-electron chi connectivity index (χ0n) is 15.7. The number of rotatable bonds is 6. The normalized spacial score (nSPS) is 11.2. The van der Waals surface area contributed by atoms with Crippen LogP contribution in [0.4, 0.5) is 4.79 Å². The van der Waals surface area contributed by atoms with E-state index in [9.17, 15) is 4.79 Å². The third kappa shape index (κ3) is 4.33. The number of nitrogens with zero attached hydrogens (tertiary/aromatic N) is 2. The second-order valence-electron chi connectivity index (χ2n) is 6.96. The molecule has 0 unspecified atom stereocenters. The standard InChI is InChI=1S/C22H26N2O2/c1-17-14-20-15-18(10-7-13-23(2)3)11-12-21(20)24(17)22(25)26-16-19-8-5-4-6-9-19/h4-6,8-9,11-12,14-15H,7,10,13,16H2,1-3H3. The van der Waals surface area contributed by atoms with Crippen LogP contribution >= 0.6 is 0 Å². The van der Waals surface area contributed by atoms with Gasteiger partial charge in [0.2, 0.25) is 0 Å². The molecule has 4 nitrogen and oxygen atoms in total. The van der Waals surface area contributed by atoms with Crippen LogP contribution < -0.4 is 0 Å². The highest BCUT2D eigenvalue weighted by atomic mass is 16.5. The molecule has 4 heteroatoms. The molecule has 2 aromatic carbocycles. The number of aromatic nitrogens is 1. The summed E-state index contributed by atoms with van der Waals surface area (Å²) in [5, 5.41) is 1.08. The molecule has 0 saturated carbocycles. The van der Waals surface area contributed by atoms with Crippen LogP contribution in [0.15, 0.2) is 54.6 Å². The number of benzene rings is 2. The highest BCUT2D eigenvalue weighted by Crippen LogP contribution is 2.22. The summed E-state index contributed by atoms with van der Waals surface area (Å²) in [7, 11) is 4.18. The summed E-state index contributed by atoms with van der Waals surface area (Å²) in [6.07, 6.45) is 1.83. The maximum atomic E-state index is 12.6. The lowest BCUT2D eigenvalue weighted by Crippen LogP contribution is -2.14. The van der Waals surface area contributed by atoms with Crippen molar-refractivity contribution in [2.75, 3.05) is 20.6 Å². The van der Waals surface area contributed by atoms with Gasteiger partial charge >= 0.3 is 6.09 Å². The van der Waals surface area contributed by atoms with Gasteiger partial charge in [0.1, 0.15) is 6.61 Å². The molecule has 0 aliphatic rings. The van der Waals surface area contributed by atoms with Crippen molar-refractivity contribution in [2.45, 2.75) is 26.4 Å². The van der Waals surface area contributed by atoms with Crippen LogP contribution in [0.2, 0.25) is 0 Å². The predicted molar refractivity (Wildman–Crippen MR) is 106 cm³/mol. The fourth-order valence-corrected chi connectivity index (χ4v) is 3.18. The number of ether oxygens (including phenoxy) is 1. The first kappa shape index (κ1) is 18.2. The second kappa shape index (κ2) is 8.19. The van der Waals surface area contributed by atoms with Gasteiger partial charge in [0, 0.05) is 11.1 Å². The highest BCUT2D eigenvalue weighted by Gasteiger charge is 2.14. The first-order valence-corrected chi connectivity index (χ1v) is 9.01. The molecule has 1 aromatic heterocycles. The van der Waals surface area contributed by atoms with Gasteiger partial charge < -0.3 is 9.64 Å². The molecule has 136 valence electrons. The Hall–Kier alpha value is -2.59. The third-order valence-corrected chi connectivity index (χ3v) is 4.51. The smallest absolute Gasteiger partial charge is 0.419 e. The lowest BCUT2D eigenvalue weighted by molar-refractivity contribution is 0.142. The molecule has 3 aromatic rings. The SMILES string of the molecule is Cc1cc2cc(CCCN(C)C)ccc2n1C(=O)OCc1ccccc1. The van der Waals surface area contributed by atoms with Crippen LogP contribution in [0.3, 0.4) is 0 Å². The lowest BCUT2D eigenvalue weighted by Gasteiger charge is -2.10. The van der Waals surface area contributed by atoms with Crippen molar-refractivity contribution in [1.82, 2.24) is 9.47 Å². The molecular weight excluding hydrogens is 324 g/mol. The molecule has 0 aliphatic carbocycles. The molecule has 1 heterocycles. The van der Waals surface area contributed by atoms with Gasteiger partial charge in [-0.3, -0.25) is 0 Å². The molecular formula is C22H26N2O2. The van der Waals surface area contributed by atoms with Crippen LogP contribution in [-0.4, -0.2) is 36.2 Å². The average molecular weight is 350 g/mol. The Bertz CT molecular complexity index is 882. The quantitative estimate of drug-likeness (QED) is 0.650. The molecule has 0 spiro atoms. The zero-order valence-corrected chi connectivity index (χ0v) is 15.7. The fourth-order valence-electron chi connectivity index (χ4n) is 3.18. The maximum absolute atomic E-state index is 12.6. The van der Waals surface area contributed by atoms with Crippen molar-refractivity contribution in [3.8, 4) is 0 Å². The molecule has 0 saturated heterocycles. The molecule has 0 aliphatic heterocycles. The van der Waals surface area contributed by atoms with Gasteiger partial charge in [0.05, 0.1) is 5.52 Å². The molecule has 0 radical (unpaired) electrons. The van der Waals surface area contributed by atoms with Crippen LogP contribution in [0.1, 0.15) is 23.2 Å². The largest absolute Gasteiger partial charge is 0.444 e. The van der Waals surface area contributed by atoms with Gasteiger partial charge in [0.15, 0.2) is 0 Å². The average Bonchev–Trinajstić information content (AvgIpc) is 2.95. The Morgan fingerprint density at radius 1 is 1.04 bits per heavy atom. The molecule has 0 atom stereocenters. The van der Waals surface area contributed by atoms with Crippen molar-refractivity contribution in [3.05, 3.63) is 71.4 Å². The molecule has 26 heavy (non-hydrogen) atoms. The minimum Gasteiger partial charge on any atom is -0.444 e. The Kier molecular flexibility index (Phi) is 5.74. The summed E-state index contributed by atoms with van der Waals surface area (Å²) < 4.78 is 7.16. The molecule has 3 rings (SSSR count). The van der Waals surface area contributed by atoms with E-state index in [4.69, 9.17) is 4.74 Å².